The molecular weight excluding hydrogens is 891 g/mol. The maximum Gasteiger partial charge on any atom is 0.481 e. The largest absolute Gasteiger partial charge is 0.481 e. The number of nitrogens with two attached hydrogens (primary N) is 1. The molecule has 2 unspecified atom stereocenters. The number of carbonyl (C=O) groups excluding carboxylic acids is 5. The zero-order valence-electron chi connectivity index (χ0n) is 32.2. The summed E-state index contributed by atoms with van der Waals surface area (Å²) in [4.78, 5) is 110. The summed E-state index contributed by atoms with van der Waals surface area (Å²) in [7, 11) is -16.5. The third-order valence-corrected chi connectivity index (χ3v) is 12.0. The third kappa shape index (κ3) is 15.8. The summed E-state index contributed by atoms with van der Waals surface area (Å²) in [5.41, 5.74) is 4.19. The standard InChI is InChI=1S/C28H46N9O19P3S/c1-14(36-15(2)38)25(43)32-9-18(40)60-8-7-30-17(39)5-6-31-26(44)22(42)28(3,4)11-53-59(50,51)56-58(48,49)52-10-16-21(55-57(45,46)47)20(41)27(54-16)37-13-35-19-23(29)33-12-34-24(19)37/h12-14,16,20-22,27,41-42H,5-11H2,1-4H3,(H,30,39)(H,31,44)(H,32,43)(H,36,38)(H,48,49)(H,50,51)(H2,29,33,34)(H2,45,46,47)/t14-,16+,20+,21+,22-,27+/m0/s1. The van der Waals surface area contributed by atoms with Gasteiger partial charge < -0.3 is 61.5 Å². The molecule has 28 nitrogen and oxygen atoms in total. The molecule has 2 aromatic heterocycles. The molecule has 0 radical (unpaired) electrons. The van der Waals surface area contributed by atoms with Crippen molar-refractivity contribution < 1.29 is 90.1 Å². The van der Waals surface area contributed by atoms with Gasteiger partial charge >= 0.3 is 23.5 Å². The van der Waals surface area contributed by atoms with Crippen molar-refractivity contribution in [3.63, 3.8) is 0 Å². The number of nitrogens with one attached hydrogen (secondary N) is 4. The van der Waals surface area contributed by atoms with Crippen molar-refractivity contribution in [2.24, 2.45) is 5.41 Å². The van der Waals surface area contributed by atoms with Gasteiger partial charge in [0.15, 0.2) is 17.7 Å². The number of nitrogens with zero attached hydrogens (tertiary/aromatic N) is 4. The fourth-order valence-electron chi connectivity index (χ4n) is 5.03. The number of anilines is 1. The molecule has 0 saturated carbocycles. The average Bonchev–Trinajstić information content (AvgIpc) is 3.70. The second-order valence-corrected chi connectivity index (χ2v) is 18.8. The van der Waals surface area contributed by atoms with Crippen LogP contribution in [0.4, 0.5) is 5.82 Å². The van der Waals surface area contributed by atoms with Crippen molar-refractivity contribution in [1.82, 2.24) is 40.8 Å². The Morgan fingerprint density at radius 3 is 2.32 bits per heavy atom. The van der Waals surface area contributed by atoms with Crippen molar-refractivity contribution in [2.45, 2.75) is 70.8 Å². The summed E-state index contributed by atoms with van der Waals surface area (Å²) < 4.78 is 62.1. The van der Waals surface area contributed by atoms with E-state index >= 15 is 0 Å². The molecule has 4 amide bonds. The number of thioether (sulfide) groups is 1. The lowest BCUT2D eigenvalue weighted by Crippen LogP contribution is -2.46. The van der Waals surface area contributed by atoms with Crippen LogP contribution in [0.2, 0.25) is 0 Å². The molecule has 0 spiro atoms. The molecule has 0 bridgehead atoms. The number of ether oxygens (including phenoxy) is 1. The summed E-state index contributed by atoms with van der Waals surface area (Å²) in [6.07, 6.45) is -7.14. The molecule has 60 heavy (non-hydrogen) atoms. The molecule has 1 fully saturated rings. The van der Waals surface area contributed by atoms with E-state index in [1.165, 1.54) is 27.7 Å². The predicted octanol–water partition coefficient (Wildman–Crippen LogP) is -2.69. The van der Waals surface area contributed by atoms with Crippen molar-refractivity contribution in [3.05, 3.63) is 12.7 Å². The first-order valence-electron chi connectivity index (χ1n) is 17.3. The van der Waals surface area contributed by atoms with Gasteiger partial charge in [-0.15, -0.1) is 0 Å². The number of phosphoric ester groups is 3. The molecule has 1 aliphatic rings. The van der Waals surface area contributed by atoms with E-state index in [-0.39, 0.29) is 48.8 Å². The van der Waals surface area contributed by atoms with Crippen LogP contribution in [0.25, 0.3) is 11.2 Å². The van der Waals surface area contributed by atoms with E-state index in [1.807, 2.05) is 0 Å². The lowest BCUT2D eigenvalue weighted by molar-refractivity contribution is -0.137. The Balaban J connectivity index is 1.43. The number of aliphatic hydroxyl groups is 2. The van der Waals surface area contributed by atoms with Crippen LogP contribution >= 0.6 is 35.2 Å². The molecule has 0 aromatic carbocycles. The van der Waals surface area contributed by atoms with Gasteiger partial charge in [-0.3, -0.25) is 42.1 Å². The molecule has 338 valence electrons. The zero-order chi connectivity index (χ0) is 45.2. The summed E-state index contributed by atoms with van der Waals surface area (Å²) in [5.74, 6) is -2.42. The number of imidazole rings is 1. The van der Waals surface area contributed by atoms with Gasteiger partial charge in [-0.2, -0.15) is 4.31 Å². The first-order chi connectivity index (χ1) is 27.7. The Kier molecular flexibility index (Phi) is 18.2. The minimum absolute atomic E-state index is 0.0169. The fourth-order valence-corrected chi connectivity index (χ4v) is 8.46. The second kappa shape index (κ2) is 21.5. The maximum atomic E-state index is 12.7. The SMILES string of the molecule is CC(=O)N[C@@H](C)C(=O)NCC(=O)SCCNC(=O)CCNC(=O)[C@H](O)C(C)(C)COP(=O)(O)OP(=O)(O)OC[C@H]1O[C@@H](n2cnc3c(N)ncnc32)[C@H](O)[C@@H]1OP(=O)(O)O. The van der Waals surface area contributed by atoms with Crippen molar-refractivity contribution in [1.29, 1.82) is 0 Å². The molecule has 1 saturated heterocycles. The number of hydrogen-bond donors (Lipinski definition) is 11. The third-order valence-electron chi connectivity index (χ3n) is 7.98. The van der Waals surface area contributed by atoms with Crippen molar-refractivity contribution in [2.75, 3.05) is 44.3 Å². The van der Waals surface area contributed by atoms with Crippen molar-refractivity contribution in [3.8, 4) is 0 Å². The van der Waals surface area contributed by atoms with Gasteiger partial charge in [0.05, 0.1) is 26.1 Å². The first kappa shape index (κ1) is 50.9. The predicted molar refractivity (Wildman–Crippen MR) is 203 cm³/mol. The Labute approximate surface area is 344 Å². The number of phosphoric acid groups is 3. The maximum absolute atomic E-state index is 12.7. The fraction of sp³-hybridized carbons (Fsp3) is 0.643. The number of fused-ring (bicyclic) bond motifs is 1. The van der Waals surface area contributed by atoms with Crippen LogP contribution in [0.5, 0.6) is 0 Å². The number of nitrogen functional groups attached to an aromatic ring is 1. The molecule has 3 rings (SSSR count). The normalized spacial score (nSPS) is 21.3. The molecule has 12 N–H and O–H groups in total. The minimum atomic E-state index is -5.60. The number of carbonyl (C=O) groups is 5. The summed E-state index contributed by atoms with van der Waals surface area (Å²) >= 11 is 0.836. The van der Waals surface area contributed by atoms with Crippen LogP contribution in [-0.2, 0) is 60.3 Å². The van der Waals surface area contributed by atoms with Crippen LogP contribution in [0.15, 0.2) is 12.7 Å². The highest BCUT2D eigenvalue weighted by molar-refractivity contribution is 8.13. The Bertz CT molecular complexity index is 2020. The monoisotopic (exact) mass is 937 g/mol. The van der Waals surface area contributed by atoms with E-state index in [1.54, 1.807) is 0 Å². The van der Waals surface area contributed by atoms with Crippen LogP contribution < -0.4 is 27.0 Å². The van der Waals surface area contributed by atoms with Gasteiger partial charge in [0, 0.05) is 37.6 Å². The lowest BCUT2D eigenvalue weighted by Gasteiger charge is -2.30. The highest BCUT2D eigenvalue weighted by Crippen LogP contribution is 2.61. The summed E-state index contributed by atoms with van der Waals surface area (Å²) in [6.45, 7) is 2.54. The van der Waals surface area contributed by atoms with Gasteiger partial charge in [-0.25, -0.2) is 28.6 Å². The van der Waals surface area contributed by atoms with Gasteiger partial charge in [-0.1, -0.05) is 25.6 Å². The van der Waals surface area contributed by atoms with E-state index in [9.17, 15) is 67.5 Å². The smallest absolute Gasteiger partial charge is 0.386 e. The van der Waals surface area contributed by atoms with Crippen LogP contribution in [0, 0.1) is 5.41 Å². The lowest BCUT2D eigenvalue weighted by atomic mass is 9.87. The molecular formula is C28H46N9O19P3S. The molecule has 0 aliphatic carbocycles. The van der Waals surface area contributed by atoms with E-state index < -0.39 is 108 Å². The molecule has 32 heteroatoms. The number of rotatable bonds is 23. The number of amides is 4. The summed E-state index contributed by atoms with van der Waals surface area (Å²) in [5, 5.41) is 30.6. The van der Waals surface area contributed by atoms with E-state index in [2.05, 4.69) is 45.1 Å². The first-order valence-corrected chi connectivity index (χ1v) is 22.8. The highest BCUT2D eigenvalue weighted by atomic mass is 32.2. The molecule has 1 aliphatic heterocycles. The Morgan fingerprint density at radius 2 is 1.67 bits per heavy atom. The van der Waals surface area contributed by atoms with Crippen molar-refractivity contribution >= 4 is 81.0 Å². The molecule has 2 aromatic rings. The van der Waals surface area contributed by atoms with Gasteiger partial charge in [0.1, 0.15) is 42.3 Å². The van der Waals surface area contributed by atoms with Crippen LogP contribution in [0.3, 0.4) is 0 Å². The topological polar surface area (TPSA) is 422 Å². The number of aromatic nitrogens is 4. The minimum Gasteiger partial charge on any atom is -0.386 e. The highest BCUT2D eigenvalue weighted by Gasteiger charge is 2.50. The Morgan fingerprint density at radius 1 is 1.00 bits per heavy atom. The van der Waals surface area contributed by atoms with Gasteiger partial charge in [0.2, 0.25) is 28.7 Å². The zero-order valence-corrected chi connectivity index (χ0v) is 35.7. The number of aliphatic hydroxyl groups excluding tert-OH is 2. The Hall–Kier alpha value is -3.50. The molecule has 3 heterocycles. The number of hydrogen-bond acceptors (Lipinski definition) is 20. The summed E-state index contributed by atoms with van der Waals surface area (Å²) in [6, 6.07) is -0.831. The average molecular weight is 938 g/mol. The van der Waals surface area contributed by atoms with Crippen LogP contribution in [-0.4, -0.2) is 147 Å². The van der Waals surface area contributed by atoms with E-state index in [4.69, 9.17) is 19.5 Å². The van der Waals surface area contributed by atoms with E-state index in [0.717, 1.165) is 29.0 Å². The van der Waals surface area contributed by atoms with E-state index in [0.29, 0.717) is 0 Å². The quantitative estimate of drug-likeness (QED) is 0.0399. The molecule has 8 atom stereocenters. The second-order valence-electron chi connectivity index (χ2n) is 13.4. The van der Waals surface area contributed by atoms with Gasteiger partial charge in [-0.05, 0) is 6.92 Å². The van der Waals surface area contributed by atoms with Crippen LogP contribution in [0.1, 0.15) is 40.3 Å². The van der Waals surface area contributed by atoms with Gasteiger partial charge in [0.25, 0.3) is 0 Å².